The lowest BCUT2D eigenvalue weighted by Gasteiger charge is -2.08. The number of hydrogen-bond donors (Lipinski definition) is 0. The molecule has 2 nitrogen and oxygen atoms in total. The minimum absolute atomic E-state index is 0.132. The standard InChI is InChI=1S/C11H18O2/c1-4-7-10(8-5-2)9-11(12)13-6-3/h4-5,8,10H,1,6-7,9H2,2-3H3. The third-order valence-electron chi connectivity index (χ3n) is 1.67. The molecular weight excluding hydrogens is 164 g/mol. The van der Waals surface area contributed by atoms with Crippen LogP contribution in [0.25, 0.3) is 0 Å². The van der Waals surface area contributed by atoms with Gasteiger partial charge in [0.2, 0.25) is 0 Å². The van der Waals surface area contributed by atoms with Crippen LogP contribution in [0, 0.1) is 5.92 Å². The lowest BCUT2D eigenvalue weighted by atomic mass is 10.0. The summed E-state index contributed by atoms with van der Waals surface area (Å²) in [4.78, 5) is 11.1. The Morgan fingerprint density at radius 3 is 2.77 bits per heavy atom. The highest BCUT2D eigenvalue weighted by atomic mass is 16.5. The third kappa shape index (κ3) is 6.14. The molecule has 74 valence electrons. The number of carbonyl (C=O) groups excluding carboxylic acids is 1. The molecule has 0 bridgehead atoms. The number of esters is 1. The first-order valence-electron chi connectivity index (χ1n) is 4.63. The molecule has 0 aliphatic carbocycles. The van der Waals surface area contributed by atoms with Crippen molar-refractivity contribution in [2.45, 2.75) is 26.7 Å². The zero-order valence-electron chi connectivity index (χ0n) is 8.45. The summed E-state index contributed by atoms with van der Waals surface area (Å²) >= 11 is 0. The summed E-state index contributed by atoms with van der Waals surface area (Å²) in [6.07, 6.45) is 7.06. The van der Waals surface area contributed by atoms with Crippen molar-refractivity contribution in [1.29, 1.82) is 0 Å². The van der Waals surface area contributed by atoms with Crippen molar-refractivity contribution in [3.05, 3.63) is 24.8 Å². The van der Waals surface area contributed by atoms with Crippen LogP contribution in [0.1, 0.15) is 26.7 Å². The van der Waals surface area contributed by atoms with E-state index in [9.17, 15) is 4.79 Å². The molecule has 13 heavy (non-hydrogen) atoms. The van der Waals surface area contributed by atoms with Gasteiger partial charge in [-0.05, 0) is 26.2 Å². The van der Waals surface area contributed by atoms with E-state index in [0.29, 0.717) is 13.0 Å². The van der Waals surface area contributed by atoms with Crippen LogP contribution < -0.4 is 0 Å². The zero-order valence-corrected chi connectivity index (χ0v) is 8.45. The van der Waals surface area contributed by atoms with E-state index in [-0.39, 0.29) is 11.9 Å². The first-order chi connectivity index (χ1) is 6.24. The Balaban J connectivity index is 3.92. The molecule has 0 aliphatic rings. The number of ether oxygens (including phenoxy) is 1. The quantitative estimate of drug-likeness (QED) is 0.466. The highest BCUT2D eigenvalue weighted by molar-refractivity contribution is 5.69. The van der Waals surface area contributed by atoms with Crippen molar-refractivity contribution in [1.82, 2.24) is 0 Å². The number of carbonyl (C=O) groups is 1. The lowest BCUT2D eigenvalue weighted by molar-refractivity contribution is -0.143. The minimum Gasteiger partial charge on any atom is -0.466 e. The second-order valence-corrected chi connectivity index (χ2v) is 2.82. The Bertz CT molecular complexity index is 183. The summed E-state index contributed by atoms with van der Waals surface area (Å²) in [6, 6.07) is 0. The average Bonchev–Trinajstić information content (AvgIpc) is 2.05. The molecule has 1 atom stereocenters. The highest BCUT2D eigenvalue weighted by Crippen LogP contribution is 2.11. The Morgan fingerprint density at radius 2 is 2.31 bits per heavy atom. The summed E-state index contributed by atoms with van der Waals surface area (Å²) in [5.41, 5.74) is 0. The summed E-state index contributed by atoms with van der Waals surface area (Å²) in [5.74, 6) is 0.106. The van der Waals surface area contributed by atoms with Crippen molar-refractivity contribution in [3.8, 4) is 0 Å². The lowest BCUT2D eigenvalue weighted by Crippen LogP contribution is -2.09. The van der Waals surface area contributed by atoms with E-state index in [1.165, 1.54) is 0 Å². The van der Waals surface area contributed by atoms with E-state index in [1.807, 2.05) is 32.1 Å². The van der Waals surface area contributed by atoms with Gasteiger partial charge in [-0.3, -0.25) is 4.79 Å². The maximum atomic E-state index is 11.1. The Hall–Kier alpha value is -1.05. The van der Waals surface area contributed by atoms with Crippen LogP contribution in [0.3, 0.4) is 0 Å². The second kappa shape index (κ2) is 7.59. The van der Waals surface area contributed by atoms with Crippen LogP contribution in [0.2, 0.25) is 0 Å². The molecule has 2 heteroatoms. The normalized spacial score (nSPS) is 12.8. The van der Waals surface area contributed by atoms with Crippen molar-refractivity contribution in [3.63, 3.8) is 0 Å². The molecule has 0 aliphatic heterocycles. The van der Waals surface area contributed by atoms with Gasteiger partial charge in [-0.25, -0.2) is 0 Å². The number of hydrogen-bond acceptors (Lipinski definition) is 2. The van der Waals surface area contributed by atoms with Gasteiger partial charge < -0.3 is 4.74 Å². The smallest absolute Gasteiger partial charge is 0.306 e. The van der Waals surface area contributed by atoms with E-state index in [2.05, 4.69) is 6.58 Å². The molecule has 0 fully saturated rings. The van der Waals surface area contributed by atoms with Crippen LogP contribution in [0.5, 0.6) is 0 Å². The molecular formula is C11H18O2. The van der Waals surface area contributed by atoms with Gasteiger partial charge >= 0.3 is 5.97 Å². The summed E-state index contributed by atoms with van der Waals surface area (Å²) in [6.45, 7) is 7.87. The van der Waals surface area contributed by atoms with Crippen molar-refractivity contribution in [2.24, 2.45) is 5.92 Å². The molecule has 1 unspecified atom stereocenters. The van der Waals surface area contributed by atoms with Crippen LogP contribution in [-0.4, -0.2) is 12.6 Å². The van der Waals surface area contributed by atoms with E-state index in [1.54, 1.807) is 0 Å². The molecule has 0 saturated carbocycles. The Labute approximate surface area is 80.3 Å². The Morgan fingerprint density at radius 1 is 1.62 bits per heavy atom. The highest BCUT2D eigenvalue weighted by Gasteiger charge is 2.09. The summed E-state index contributed by atoms with van der Waals surface area (Å²) in [7, 11) is 0. The number of allylic oxidation sites excluding steroid dienone is 3. The molecule has 0 aromatic carbocycles. The van der Waals surface area contributed by atoms with Gasteiger partial charge in [0.15, 0.2) is 0 Å². The first kappa shape index (κ1) is 11.9. The number of rotatable bonds is 6. The van der Waals surface area contributed by atoms with Crippen LogP contribution in [0.4, 0.5) is 0 Å². The van der Waals surface area contributed by atoms with Gasteiger partial charge in [-0.15, -0.1) is 6.58 Å². The maximum absolute atomic E-state index is 11.1. The van der Waals surface area contributed by atoms with Gasteiger partial charge in [0.25, 0.3) is 0 Å². The molecule has 0 saturated heterocycles. The summed E-state index contributed by atoms with van der Waals surface area (Å²) < 4.78 is 4.86. The van der Waals surface area contributed by atoms with Crippen LogP contribution >= 0.6 is 0 Å². The largest absolute Gasteiger partial charge is 0.466 e. The minimum atomic E-state index is -0.132. The Kier molecular flexibility index (Phi) is 6.98. The van der Waals surface area contributed by atoms with Gasteiger partial charge in [0.05, 0.1) is 13.0 Å². The maximum Gasteiger partial charge on any atom is 0.306 e. The summed E-state index contributed by atoms with van der Waals surface area (Å²) in [5, 5.41) is 0. The molecule has 0 radical (unpaired) electrons. The zero-order chi connectivity index (χ0) is 10.1. The fourth-order valence-electron chi connectivity index (χ4n) is 1.15. The molecule has 0 rings (SSSR count). The van der Waals surface area contributed by atoms with Gasteiger partial charge in [-0.2, -0.15) is 0 Å². The van der Waals surface area contributed by atoms with Crippen molar-refractivity contribution >= 4 is 5.97 Å². The van der Waals surface area contributed by atoms with E-state index >= 15 is 0 Å². The van der Waals surface area contributed by atoms with Crippen molar-refractivity contribution in [2.75, 3.05) is 6.61 Å². The topological polar surface area (TPSA) is 26.3 Å². The molecule has 0 amide bonds. The van der Waals surface area contributed by atoms with E-state index < -0.39 is 0 Å². The predicted molar refractivity (Wildman–Crippen MR) is 54.4 cm³/mol. The van der Waals surface area contributed by atoms with Gasteiger partial charge in [-0.1, -0.05) is 18.2 Å². The van der Waals surface area contributed by atoms with E-state index in [0.717, 1.165) is 6.42 Å². The van der Waals surface area contributed by atoms with Gasteiger partial charge in [0.1, 0.15) is 0 Å². The average molecular weight is 182 g/mol. The fourth-order valence-corrected chi connectivity index (χ4v) is 1.15. The fraction of sp³-hybridized carbons (Fsp3) is 0.545. The van der Waals surface area contributed by atoms with Crippen LogP contribution in [0.15, 0.2) is 24.8 Å². The first-order valence-corrected chi connectivity index (χ1v) is 4.63. The molecule has 0 aromatic rings. The third-order valence-corrected chi connectivity index (χ3v) is 1.67. The monoisotopic (exact) mass is 182 g/mol. The second-order valence-electron chi connectivity index (χ2n) is 2.82. The SMILES string of the molecule is C=CCC(C=CC)CC(=O)OCC. The van der Waals surface area contributed by atoms with E-state index in [4.69, 9.17) is 4.74 Å². The van der Waals surface area contributed by atoms with Crippen molar-refractivity contribution < 1.29 is 9.53 Å². The van der Waals surface area contributed by atoms with Crippen LogP contribution in [-0.2, 0) is 9.53 Å². The predicted octanol–water partition coefficient (Wildman–Crippen LogP) is 2.71. The van der Waals surface area contributed by atoms with Gasteiger partial charge in [0, 0.05) is 0 Å². The molecule has 0 heterocycles. The molecule has 0 N–H and O–H groups in total. The molecule has 0 spiro atoms. The molecule has 0 aromatic heterocycles.